The third kappa shape index (κ3) is 7.29. The highest BCUT2D eigenvalue weighted by atomic mass is 79.9. The summed E-state index contributed by atoms with van der Waals surface area (Å²) in [6, 6.07) is 8.42. The van der Waals surface area contributed by atoms with Gasteiger partial charge in [0.1, 0.15) is 0 Å². The molecule has 0 aliphatic rings. The molecule has 0 aliphatic heterocycles. The lowest BCUT2D eigenvalue weighted by Crippen LogP contribution is -1.90. The highest BCUT2D eigenvalue weighted by molar-refractivity contribution is 9.10. The lowest BCUT2D eigenvalue weighted by Gasteiger charge is -2.09. The Hall–Kier alpha value is -1.04. The molecule has 0 bridgehead atoms. The molecule has 120 valence electrons. The van der Waals surface area contributed by atoms with Crippen LogP contribution in [-0.2, 0) is 0 Å². The topological polar surface area (TPSA) is 0 Å². The Bertz CT molecular complexity index is 513. The van der Waals surface area contributed by atoms with Gasteiger partial charge in [-0.05, 0) is 60.6 Å². The Morgan fingerprint density at radius 3 is 2.32 bits per heavy atom. The molecule has 0 amide bonds. The minimum absolute atomic E-state index is 1.12. The molecule has 0 saturated heterocycles. The number of hydrogen-bond donors (Lipinski definition) is 0. The molecule has 22 heavy (non-hydrogen) atoms. The molecule has 0 aliphatic carbocycles. The first-order valence-corrected chi connectivity index (χ1v) is 9.41. The number of allylic oxidation sites excluding steroid dienone is 3. The molecule has 0 N–H and O–H groups in total. The number of hydrogen-bond acceptors (Lipinski definition) is 0. The van der Waals surface area contributed by atoms with Crippen LogP contribution in [0.1, 0.15) is 71.3 Å². The number of halogens is 1. The molecule has 0 aromatic heterocycles. The minimum Gasteiger partial charge on any atom is -0.116 e. The van der Waals surface area contributed by atoms with Gasteiger partial charge in [0.05, 0.1) is 0 Å². The van der Waals surface area contributed by atoms with Crippen molar-refractivity contribution >= 4 is 22.0 Å². The Labute approximate surface area is 145 Å². The normalized spacial score (nSPS) is 11.2. The molecule has 0 nitrogen and oxygen atoms in total. The van der Waals surface area contributed by atoms with Gasteiger partial charge in [0.2, 0.25) is 0 Å². The van der Waals surface area contributed by atoms with Crippen molar-refractivity contribution in [3.63, 3.8) is 0 Å². The summed E-state index contributed by atoms with van der Waals surface area (Å²) in [5.41, 5.74) is 7.71. The monoisotopic (exact) mass is 360 g/mol. The van der Waals surface area contributed by atoms with Crippen molar-refractivity contribution in [3.8, 4) is 0 Å². The van der Waals surface area contributed by atoms with Crippen molar-refractivity contribution < 1.29 is 0 Å². The van der Waals surface area contributed by atoms with Crippen molar-refractivity contribution in [2.75, 3.05) is 0 Å². The van der Waals surface area contributed by atoms with Gasteiger partial charge in [-0.2, -0.15) is 0 Å². The summed E-state index contributed by atoms with van der Waals surface area (Å²) in [4.78, 5) is 0. The lowest BCUT2D eigenvalue weighted by atomic mass is 9.95. The third-order valence-corrected chi connectivity index (χ3v) is 4.18. The van der Waals surface area contributed by atoms with Gasteiger partial charge in [-0.3, -0.25) is 0 Å². The van der Waals surface area contributed by atoms with E-state index in [1.807, 2.05) is 0 Å². The Morgan fingerprint density at radius 2 is 1.73 bits per heavy atom. The van der Waals surface area contributed by atoms with Crippen LogP contribution in [0.5, 0.6) is 0 Å². The molecular formula is C21H29Br. The van der Waals surface area contributed by atoms with E-state index in [1.165, 1.54) is 55.2 Å². The van der Waals surface area contributed by atoms with Crippen LogP contribution >= 0.6 is 15.9 Å². The zero-order chi connectivity index (χ0) is 16.2. The highest BCUT2D eigenvalue weighted by Gasteiger charge is 2.03. The summed E-state index contributed by atoms with van der Waals surface area (Å²) in [5.74, 6) is 0. The van der Waals surface area contributed by atoms with Gasteiger partial charge < -0.3 is 0 Å². The third-order valence-electron chi connectivity index (χ3n) is 3.65. The number of rotatable bonds is 9. The first-order valence-electron chi connectivity index (χ1n) is 8.61. The van der Waals surface area contributed by atoms with Gasteiger partial charge in [-0.15, -0.1) is 5.73 Å². The SMILES string of the molecule is CCC/C=C(\CCC)C(=C=Cc1ccc(Br)cc1)CCCC. The molecule has 0 heterocycles. The standard InChI is InChI=1S/C21H29Br/c1-4-7-10-19(9-6-3)20(11-8-5-2)15-12-18-13-16-21(22)17-14-18/h10,12-14,16-17H,4-9,11H2,1-3H3/b19-10+. The maximum absolute atomic E-state index is 3.59. The van der Waals surface area contributed by atoms with E-state index in [9.17, 15) is 0 Å². The van der Waals surface area contributed by atoms with E-state index in [1.54, 1.807) is 0 Å². The van der Waals surface area contributed by atoms with E-state index >= 15 is 0 Å². The lowest BCUT2D eigenvalue weighted by molar-refractivity contribution is 0.774. The van der Waals surface area contributed by atoms with Gasteiger partial charge in [0.15, 0.2) is 0 Å². The zero-order valence-electron chi connectivity index (χ0n) is 14.3. The van der Waals surface area contributed by atoms with Crippen molar-refractivity contribution in [1.82, 2.24) is 0 Å². The Balaban J connectivity index is 3.07. The van der Waals surface area contributed by atoms with Crippen molar-refractivity contribution in [2.45, 2.75) is 65.7 Å². The van der Waals surface area contributed by atoms with E-state index in [0.717, 1.165) is 10.9 Å². The zero-order valence-corrected chi connectivity index (χ0v) is 15.9. The smallest absolute Gasteiger partial charge is 0.0175 e. The van der Waals surface area contributed by atoms with Gasteiger partial charge >= 0.3 is 0 Å². The molecule has 1 aromatic carbocycles. The van der Waals surface area contributed by atoms with Crippen LogP contribution in [0.25, 0.3) is 6.08 Å². The fourth-order valence-electron chi connectivity index (χ4n) is 2.37. The van der Waals surface area contributed by atoms with Crippen LogP contribution in [0.15, 0.2) is 51.7 Å². The summed E-state index contributed by atoms with van der Waals surface area (Å²) in [6.07, 6.45) is 12.9. The molecule has 0 saturated carbocycles. The van der Waals surface area contributed by atoms with E-state index in [0.29, 0.717) is 0 Å². The quantitative estimate of drug-likeness (QED) is 0.312. The number of benzene rings is 1. The Kier molecular flexibility index (Phi) is 9.95. The van der Waals surface area contributed by atoms with Gasteiger partial charge in [-0.25, -0.2) is 0 Å². The average Bonchev–Trinajstić information content (AvgIpc) is 2.53. The second kappa shape index (κ2) is 11.5. The summed E-state index contributed by atoms with van der Waals surface area (Å²) in [7, 11) is 0. The molecule has 0 fully saturated rings. The molecule has 0 radical (unpaired) electrons. The molecular weight excluding hydrogens is 332 g/mol. The van der Waals surface area contributed by atoms with E-state index in [4.69, 9.17) is 0 Å². The van der Waals surface area contributed by atoms with Crippen LogP contribution in [0, 0.1) is 0 Å². The predicted octanol–water partition coefficient (Wildman–Crippen LogP) is 7.70. The van der Waals surface area contributed by atoms with Crippen LogP contribution in [-0.4, -0.2) is 0 Å². The molecule has 1 rings (SSSR count). The van der Waals surface area contributed by atoms with E-state index in [2.05, 4.69) is 78.8 Å². The summed E-state index contributed by atoms with van der Waals surface area (Å²) >= 11 is 3.48. The van der Waals surface area contributed by atoms with Crippen LogP contribution in [0.4, 0.5) is 0 Å². The maximum atomic E-state index is 3.59. The second-order valence-corrected chi connectivity index (χ2v) is 6.61. The maximum Gasteiger partial charge on any atom is 0.0175 e. The van der Waals surface area contributed by atoms with Gasteiger partial charge in [0.25, 0.3) is 0 Å². The first kappa shape index (κ1) is 19.0. The summed E-state index contributed by atoms with van der Waals surface area (Å²) in [6.45, 7) is 6.76. The first-order chi connectivity index (χ1) is 10.7. The molecule has 1 heteroatoms. The second-order valence-electron chi connectivity index (χ2n) is 5.69. The average molecular weight is 361 g/mol. The Morgan fingerprint density at radius 1 is 1.00 bits per heavy atom. The van der Waals surface area contributed by atoms with Gasteiger partial charge in [0, 0.05) is 4.47 Å². The molecule has 0 atom stereocenters. The molecule has 1 aromatic rings. The van der Waals surface area contributed by atoms with E-state index in [-0.39, 0.29) is 0 Å². The van der Waals surface area contributed by atoms with Crippen molar-refractivity contribution in [1.29, 1.82) is 0 Å². The van der Waals surface area contributed by atoms with Crippen molar-refractivity contribution in [3.05, 3.63) is 57.3 Å². The van der Waals surface area contributed by atoms with Crippen LogP contribution < -0.4 is 0 Å². The van der Waals surface area contributed by atoms with E-state index < -0.39 is 0 Å². The van der Waals surface area contributed by atoms with Crippen LogP contribution in [0.2, 0.25) is 0 Å². The minimum atomic E-state index is 1.12. The fraction of sp³-hybridized carbons (Fsp3) is 0.476. The van der Waals surface area contributed by atoms with Crippen molar-refractivity contribution in [2.24, 2.45) is 0 Å². The number of unbranched alkanes of at least 4 members (excludes halogenated alkanes) is 2. The molecule has 0 spiro atoms. The largest absolute Gasteiger partial charge is 0.116 e. The van der Waals surface area contributed by atoms with Gasteiger partial charge in [-0.1, -0.05) is 74.2 Å². The fourth-order valence-corrected chi connectivity index (χ4v) is 2.64. The highest BCUT2D eigenvalue weighted by Crippen LogP contribution is 2.22. The summed E-state index contributed by atoms with van der Waals surface area (Å²) in [5, 5.41) is 0. The predicted molar refractivity (Wildman–Crippen MR) is 103 cm³/mol. The summed E-state index contributed by atoms with van der Waals surface area (Å²) < 4.78 is 1.12. The molecule has 0 unspecified atom stereocenters. The van der Waals surface area contributed by atoms with Crippen LogP contribution in [0.3, 0.4) is 0 Å².